The van der Waals surface area contributed by atoms with Crippen molar-refractivity contribution in [3.63, 3.8) is 0 Å². The van der Waals surface area contributed by atoms with E-state index in [1.807, 2.05) is 6.92 Å². The number of hydrogen-bond donors (Lipinski definition) is 1. The zero-order valence-corrected chi connectivity index (χ0v) is 8.79. The standard InChI is InChI=1S/C11H14FNO2/c1-8(15-2)7-13-11(14)9-3-5-10(12)6-4-9/h3-6,8H,7H2,1-2H3,(H,13,14). The van der Waals surface area contributed by atoms with Crippen molar-refractivity contribution in [1.29, 1.82) is 0 Å². The van der Waals surface area contributed by atoms with Gasteiger partial charge in [-0.05, 0) is 31.2 Å². The molecule has 3 nitrogen and oxygen atoms in total. The molecule has 0 saturated heterocycles. The summed E-state index contributed by atoms with van der Waals surface area (Å²) in [4.78, 5) is 11.5. The molecule has 0 bridgehead atoms. The number of amides is 1. The average Bonchev–Trinajstić information content (AvgIpc) is 2.26. The van der Waals surface area contributed by atoms with Crippen molar-refractivity contribution in [2.24, 2.45) is 0 Å². The predicted octanol–water partition coefficient (Wildman–Crippen LogP) is 1.59. The fraction of sp³-hybridized carbons (Fsp3) is 0.364. The van der Waals surface area contributed by atoms with Crippen molar-refractivity contribution < 1.29 is 13.9 Å². The van der Waals surface area contributed by atoms with Gasteiger partial charge in [-0.15, -0.1) is 0 Å². The molecule has 15 heavy (non-hydrogen) atoms. The Morgan fingerprint density at radius 1 is 1.47 bits per heavy atom. The van der Waals surface area contributed by atoms with Crippen molar-refractivity contribution in [2.75, 3.05) is 13.7 Å². The third kappa shape index (κ3) is 3.67. The van der Waals surface area contributed by atoms with Gasteiger partial charge in [-0.2, -0.15) is 0 Å². The van der Waals surface area contributed by atoms with Gasteiger partial charge in [-0.1, -0.05) is 0 Å². The molecule has 0 aliphatic heterocycles. The molecule has 0 radical (unpaired) electrons. The molecule has 1 N–H and O–H groups in total. The Morgan fingerprint density at radius 3 is 2.60 bits per heavy atom. The molecule has 0 aliphatic rings. The van der Waals surface area contributed by atoms with E-state index in [4.69, 9.17) is 4.74 Å². The third-order valence-electron chi connectivity index (χ3n) is 2.06. The topological polar surface area (TPSA) is 38.3 Å². The number of benzene rings is 1. The maximum absolute atomic E-state index is 12.6. The van der Waals surface area contributed by atoms with Gasteiger partial charge in [-0.3, -0.25) is 4.79 Å². The molecule has 4 heteroatoms. The van der Waals surface area contributed by atoms with Gasteiger partial charge in [0, 0.05) is 19.2 Å². The minimum Gasteiger partial charge on any atom is -0.380 e. The van der Waals surface area contributed by atoms with Crippen LogP contribution in [0.3, 0.4) is 0 Å². The molecule has 1 rings (SSSR count). The minimum absolute atomic E-state index is 0.0330. The number of ether oxygens (including phenoxy) is 1. The van der Waals surface area contributed by atoms with Crippen LogP contribution in [0, 0.1) is 5.82 Å². The van der Waals surface area contributed by atoms with Gasteiger partial charge >= 0.3 is 0 Å². The molecule has 1 unspecified atom stereocenters. The van der Waals surface area contributed by atoms with Crippen LogP contribution >= 0.6 is 0 Å². The Hall–Kier alpha value is -1.42. The predicted molar refractivity (Wildman–Crippen MR) is 55.2 cm³/mol. The van der Waals surface area contributed by atoms with Crippen LogP contribution in [0.5, 0.6) is 0 Å². The minimum atomic E-state index is -0.350. The summed E-state index contributed by atoms with van der Waals surface area (Å²) in [5.74, 6) is -0.573. The molecule has 0 saturated carbocycles. The van der Waals surface area contributed by atoms with Crippen molar-refractivity contribution in [2.45, 2.75) is 13.0 Å². The molecule has 1 aromatic carbocycles. The summed E-state index contributed by atoms with van der Waals surface area (Å²) in [5, 5.41) is 2.68. The molecule has 0 heterocycles. The monoisotopic (exact) mass is 211 g/mol. The van der Waals surface area contributed by atoms with Crippen molar-refractivity contribution in [3.8, 4) is 0 Å². The van der Waals surface area contributed by atoms with Gasteiger partial charge in [0.2, 0.25) is 0 Å². The van der Waals surface area contributed by atoms with Crippen LogP contribution in [0.1, 0.15) is 17.3 Å². The summed E-state index contributed by atoms with van der Waals surface area (Å²) in [6.45, 7) is 2.29. The molecule has 82 valence electrons. The Balaban J connectivity index is 2.50. The van der Waals surface area contributed by atoms with Crippen molar-refractivity contribution in [3.05, 3.63) is 35.6 Å². The van der Waals surface area contributed by atoms with Crippen LogP contribution in [0.25, 0.3) is 0 Å². The number of hydrogen-bond acceptors (Lipinski definition) is 2. The second-order valence-electron chi connectivity index (χ2n) is 3.26. The largest absolute Gasteiger partial charge is 0.380 e. The van der Waals surface area contributed by atoms with Crippen LogP contribution in [-0.4, -0.2) is 25.7 Å². The SMILES string of the molecule is COC(C)CNC(=O)c1ccc(F)cc1. The number of methoxy groups -OCH3 is 1. The highest BCUT2D eigenvalue weighted by molar-refractivity contribution is 5.94. The van der Waals surface area contributed by atoms with Crippen LogP contribution in [-0.2, 0) is 4.74 Å². The molecular weight excluding hydrogens is 197 g/mol. The number of halogens is 1. The molecule has 0 aromatic heterocycles. The van der Waals surface area contributed by atoms with E-state index in [2.05, 4.69) is 5.32 Å². The lowest BCUT2D eigenvalue weighted by Crippen LogP contribution is -2.31. The van der Waals surface area contributed by atoms with Crippen LogP contribution in [0.4, 0.5) is 4.39 Å². The number of nitrogens with one attached hydrogen (secondary N) is 1. The van der Waals surface area contributed by atoms with E-state index in [1.54, 1.807) is 7.11 Å². The van der Waals surface area contributed by atoms with Gasteiger partial charge in [0.05, 0.1) is 6.10 Å². The molecule has 0 spiro atoms. The Bertz CT molecular complexity index is 324. The fourth-order valence-electron chi connectivity index (χ4n) is 1.02. The summed E-state index contributed by atoms with van der Waals surface area (Å²) in [6.07, 6.45) is -0.0330. The lowest BCUT2D eigenvalue weighted by molar-refractivity contribution is 0.0870. The van der Waals surface area contributed by atoms with E-state index < -0.39 is 0 Å². The quantitative estimate of drug-likeness (QED) is 0.821. The molecular formula is C11H14FNO2. The van der Waals surface area contributed by atoms with E-state index >= 15 is 0 Å². The maximum Gasteiger partial charge on any atom is 0.251 e. The van der Waals surface area contributed by atoms with Gasteiger partial charge in [0.1, 0.15) is 5.82 Å². The van der Waals surface area contributed by atoms with E-state index in [-0.39, 0.29) is 17.8 Å². The number of carbonyl (C=O) groups is 1. The maximum atomic E-state index is 12.6. The summed E-state index contributed by atoms with van der Waals surface area (Å²) < 4.78 is 17.5. The van der Waals surface area contributed by atoms with Crippen LogP contribution in [0.2, 0.25) is 0 Å². The van der Waals surface area contributed by atoms with E-state index in [9.17, 15) is 9.18 Å². The zero-order chi connectivity index (χ0) is 11.3. The van der Waals surface area contributed by atoms with Crippen molar-refractivity contribution >= 4 is 5.91 Å². The summed E-state index contributed by atoms with van der Waals surface area (Å²) in [7, 11) is 1.58. The normalized spacial score (nSPS) is 12.2. The zero-order valence-electron chi connectivity index (χ0n) is 8.79. The fourth-order valence-corrected chi connectivity index (χ4v) is 1.02. The third-order valence-corrected chi connectivity index (χ3v) is 2.06. The summed E-state index contributed by atoms with van der Waals surface area (Å²) >= 11 is 0. The first-order chi connectivity index (χ1) is 7.13. The molecule has 1 atom stereocenters. The highest BCUT2D eigenvalue weighted by Crippen LogP contribution is 2.02. The summed E-state index contributed by atoms with van der Waals surface area (Å²) in [6, 6.07) is 5.41. The highest BCUT2D eigenvalue weighted by atomic mass is 19.1. The first-order valence-corrected chi connectivity index (χ1v) is 4.70. The number of rotatable bonds is 4. The van der Waals surface area contributed by atoms with Gasteiger partial charge in [-0.25, -0.2) is 4.39 Å². The number of carbonyl (C=O) groups excluding carboxylic acids is 1. The Morgan fingerprint density at radius 2 is 2.07 bits per heavy atom. The van der Waals surface area contributed by atoms with Crippen LogP contribution < -0.4 is 5.32 Å². The lowest BCUT2D eigenvalue weighted by atomic mass is 10.2. The smallest absolute Gasteiger partial charge is 0.251 e. The Kier molecular flexibility index (Phi) is 4.24. The second-order valence-corrected chi connectivity index (χ2v) is 3.26. The van der Waals surface area contributed by atoms with Crippen LogP contribution in [0.15, 0.2) is 24.3 Å². The molecule has 0 fully saturated rings. The first-order valence-electron chi connectivity index (χ1n) is 4.70. The van der Waals surface area contributed by atoms with Gasteiger partial charge in [0.15, 0.2) is 0 Å². The van der Waals surface area contributed by atoms with Crippen molar-refractivity contribution in [1.82, 2.24) is 5.32 Å². The Labute approximate surface area is 88.2 Å². The molecule has 1 aromatic rings. The lowest BCUT2D eigenvalue weighted by Gasteiger charge is -2.10. The van der Waals surface area contributed by atoms with E-state index in [0.29, 0.717) is 12.1 Å². The first kappa shape index (κ1) is 11.7. The summed E-state index contributed by atoms with van der Waals surface area (Å²) in [5.41, 5.74) is 0.444. The van der Waals surface area contributed by atoms with E-state index in [0.717, 1.165) is 0 Å². The second kappa shape index (κ2) is 5.46. The van der Waals surface area contributed by atoms with Gasteiger partial charge < -0.3 is 10.1 Å². The average molecular weight is 211 g/mol. The molecule has 1 amide bonds. The highest BCUT2D eigenvalue weighted by Gasteiger charge is 2.06. The van der Waals surface area contributed by atoms with Gasteiger partial charge in [0.25, 0.3) is 5.91 Å². The van der Waals surface area contributed by atoms with E-state index in [1.165, 1.54) is 24.3 Å². The molecule has 0 aliphatic carbocycles.